The molecule has 0 amide bonds. The number of nitro benzene ring substituents is 1. The highest BCUT2D eigenvalue weighted by molar-refractivity contribution is 6.32. The molecule has 0 fully saturated rings. The van der Waals surface area contributed by atoms with Gasteiger partial charge in [0.2, 0.25) is 0 Å². The van der Waals surface area contributed by atoms with Crippen LogP contribution < -0.4 is 10.8 Å². The van der Waals surface area contributed by atoms with Crippen LogP contribution in [-0.2, 0) is 0 Å². The average Bonchev–Trinajstić information content (AvgIpc) is 2.30. The van der Waals surface area contributed by atoms with Crippen LogP contribution >= 0.6 is 0 Å². The molecule has 2 radical (unpaired) electrons. The molecule has 0 saturated carbocycles. The van der Waals surface area contributed by atoms with Crippen LogP contribution in [0.1, 0.15) is 0 Å². The first-order valence-electron chi connectivity index (χ1n) is 5.03. The number of nitrogens with one attached hydrogen (secondary N) is 1. The van der Waals surface area contributed by atoms with Crippen LogP contribution in [0.25, 0.3) is 0 Å². The lowest BCUT2D eigenvalue weighted by Crippen LogP contribution is -2.05. The van der Waals surface area contributed by atoms with Gasteiger partial charge in [0.1, 0.15) is 13.5 Å². The van der Waals surface area contributed by atoms with Gasteiger partial charge in [-0.3, -0.25) is 10.1 Å². The minimum atomic E-state index is -0.440. The van der Waals surface area contributed by atoms with Crippen LogP contribution in [0.3, 0.4) is 0 Å². The average molecular weight is 224 g/mol. The highest BCUT2D eigenvalue weighted by Crippen LogP contribution is 2.25. The van der Waals surface area contributed by atoms with Gasteiger partial charge in [0.05, 0.1) is 4.92 Å². The molecule has 1 N–H and O–H groups in total. The summed E-state index contributed by atoms with van der Waals surface area (Å²) in [6.45, 7) is 0. The fourth-order valence-corrected chi connectivity index (χ4v) is 1.49. The second kappa shape index (κ2) is 4.70. The molecule has 4 nitrogen and oxygen atoms in total. The number of nitro groups is 1. The number of anilines is 2. The van der Waals surface area contributed by atoms with Crippen molar-refractivity contribution in [3.8, 4) is 0 Å². The lowest BCUT2D eigenvalue weighted by atomic mass is 9.95. The Hall–Kier alpha value is -2.30. The monoisotopic (exact) mass is 224 g/mol. The first kappa shape index (κ1) is 11.2. The highest BCUT2D eigenvalue weighted by atomic mass is 16.6. The Morgan fingerprint density at radius 2 is 1.82 bits per heavy atom. The zero-order valence-corrected chi connectivity index (χ0v) is 8.96. The van der Waals surface area contributed by atoms with Crippen molar-refractivity contribution in [1.29, 1.82) is 0 Å². The topological polar surface area (TPSA) is 55.2 Å². The molecule has 0 heterocycles. The van der Waals surface area contributed by atoms with Crippen LogP contribution in [0.2, 0.25) is 0 Å². The molecule has 0 aliphatic rings. The summed E-state index contributed by atoms with van der Waals surface area (Å²) < 4.78 is 0. The van der Waals surface area contributed by atoms with Crippen LogP contribution in [0, 0.1) is 10.1 Å². The molecule has 0 spiro atoms. The predicted molar refractivity (Wildman–Crippen MR) is 68.2 cm³/mol. The third-order valence-electron chi connectivity index (χ3n) is 2.27. The van der Waals surface area contributed by atoms with Gasteiger partial charge in [-0.25, -0.2) is 0 Å². The van der Waals surface area contributed by atoms with E-state index in [-0.39, 0.29) is 5.69 Å². The molecule has 82 valence electrons. The van der Waals surface area contributed by atoms with Gasteiger partial charge in [-0.05, 0) is 18.2 Å². The number of hydrogen-bond donors (Lipinski definition) is 1. The van der Waals surface area contributed by atoms with Crippen molar-refractivity contribution in [1.82, 2.24) is 0 Å². The third-order valence-corrected chi connectivity index (χ3v) is 2.27. The van der Waals surface area contributed by atoms with Crippen molar-refractivity contribution in [3.05, 3.63) is 58.6 Å². The minimum Gasteiger partial charge on any atom is -0.350 e. The van der Waals surface area contributed by atoms with E-state index in [1.165, 1.54) is 12.1 Å². The molecular weight excluding hydrogens is 215 g/mol. The Bertz CT molecular complexity index is 543. The summed E-state index contributed by atoms with van der Waals surface area (Å²) >= 11 is 0. The second-order valence-corrected chi connectivity index (χ2v) is 3.52. The Morgan fingerprint density at radius 1 is 1.12 bits per heavy atom. The summed E-state index contributed by atoms with van der Waals surface area (Å²) in [5.41, 5.74) is 1.65. The maximum atomic E-state index is 10.8. The maximum absolute atomic E-state index is 10.8. The Labute approximate surface area is 99.8 Å². The first-order chi connectivity index (χ1) is 8.16. The fraction of sp³-hybridized carbons (Fsp3) is 0. The molecule has 2 rings (SSSR count). The summed E-state index contributed by atoms with van der Waals surface area (Å²) in [6.07, 6.45) is 0. The molecule has 2 aromatic rings. The molecule has 0 unspecified atom stereocenters. The molecule has 0 aliphatic carbocycles. The van der Waals surface area contributed by atoms with Crippen LogP contribution in [0.15, 0.2) is 48.5 Å². The molecule has 0 saturated heterocycles. The number of hydrogen-bond acceptors (Lipinski definition) is 3. The van der Waals surface area contributed by atoms with Gasteiger partial charge in [0, 0.05) is 11.8 Å². The first-order valence-corrected chi connectivity index (χ1v) is 5.03. The van der Waals surface area contributed by atoms with Crippen molar-refractivity contribution in [2.75, 3.05) is 5.32 Å². The molecule has 17 heavy (non-hydrogen) atoms. The van der Waals surface area contributed by atoms with Crippen LogP contribution in [0.4, 0.5) is 17.1 Å². The standard InChI is InChI=1S/C12H9BN2O2/c13-9-6-7-12(15(16)17)11(8-9)14-10-4-2-1-3-5-10/h1-8,14H. The quantitative estimate of drug-likeness (QED) is 0.493. The van der Waals surface area contributed by atoms with Gasteiger partial charge in [-0.2, -0.15) is 0 Å². The summed E-state index contributed by atoms with van der Waals surface area (Å²) in [5, 5.41) is 13.8. The SMILES string of the molecule is [B]c1ccc([N+](=O)[O-])c(Nc2ccccc2)c1. The van der Waals surface area contributed by atoms with E-state index in [4.69, 9.17) is 7.85 Å². The van der Waals surface area contributed by atoms with E-state index in [9.17, 15) is 10.1 Å². The van der Waals surface area contributed by atoms with Gasteiger partial charge in [-0.1, -0.05) is 29.7 Å². The van der Waals surface area contributed by atoms with Gasteiger partial charge in [-0.15, -0.1) is 0 Å². The van der Waals surface area contributed by atoms with Gasteiger partial charge in [0.15, 0.2) is 0 Å². The summed E-state index contributed by atoms with van der Waals surface area (Å²) in [4.78, 5) is 10.4. The summed E-state index contributed by atoms with van der Waals surface area (Å²) in [7, 11) is 5.62. The third kappa shape index (κ3) is 2.63. The molecule has 5 heteroatoms. The lowest BCUT2D eigenvalue weighted by molar-refractivity contribution is -0.383. The van der Waals surface area contributed by atoms with E-state index in [0.29, 0.717) is 11.2 Å². The normalized spacial score (nSPS) is 9.88. The van der Waals surface area contributed by atoms with Crippen LogP contribution in [-0.4, -0.2) is 12.8 Å². The van der Waals surface area contributed by atoms with E-state index in [0.717, 1.165) is 5.69 Å². The molecule has 0 atom stereocenters. The molecule has 0 aromatic heterocycles. The van der Waals surface area contributed by atoms with Crippen LogP contribution in [0.5, 0.6) is 0 Å². The highest BCUT2D eigenvalue weighted by Gasteiger charge is 2.12. The van der Waals surface area contributed by atoms with Crippen molar-refractivity contribution < 1.29 is 4.92 Å². The number of benzene rings is 2. The Morgan fingerprint density at radius 3 is 2.47 bits per heavy atom. The van der Waals surface area contributed by atoms with E-state index < -0.39 is 4.92 Å². The van der Waals surface area contributed by atoms with Crippen molar-refractivity contribution in [3.63, 3.8) is 0 Å². The number of nitrogens with zero attached hydrogens (tertiary/aromatic N) is 1. The van der Waals surface area contributed by atoms with E-state index in [1.54, 1.807) is 6.07 Å². The molecule has 0 aliphatic heterocycles. The van der Waals surface area contributed by atoms with E-state index >= 15 is 0 Å². The van der Waals surface area contributed by atoms with Gasteiger partial charge >= 0.3 is 0 Å². The number of para-hydroxylation sites is 1. The fourth-order valence-electron chi connectivity index (χ4n) is 1.49. The van der Waals surface area contributed by atoms with Gasteiger partial charge < -0.3 is 5.32 Å². The largest absolute Gasteiger partial charge is 0.350 e. The van der Waals surface area contributed by atoms with Crippen molar-refractivity contribution in [2.24, 2.45) is 0 Å². The summed E-state index contributed by atoms with van der Waals surface area (Å²) in [5.74, 6) is 0. The van der Waals surface area contributed by atoms with E-state index in [2.05, 4.69) is 5.32 Å². The zero-order valence-electron chi connectivity index (χ0n) is 8.96. The zero-order chi connectivity index (χ0) is 12.3. The lowest BCUT2D eigenvalue weighted by Gasteiger charge is -2.07. The smallest absolute Gasteiger partial charge is 0.292 e. The van der Waals surface area contributed by atoms with E-state index in [1.807, 2.05) is 30.3 Å². The Balaban J connectivity index is 2.37. The number of rotatable bonds is 3. The molecule has 0 bridgehead atoms. The van der Waals surface area contributed by atoms with Crippen molar-refractivity contribution in [2.45, 2.75) is 0 Å². The van der Waals surface area contributed by atoms with Gasteiger partial charge in [0.25, 0.3) is 5.69 Å². The minimum absolute atomic E-state index is 0.00283. The molecule has 2 aromatic carbocycles. The maximum Gasteiger partial charge on any atom is 0.292 e. The van der Waals surface area contributed by atoms with Crippen molar-refractivity contribution >= 4 is 30.4 Å². The second-order valence-electron chi connectivity index (χ2n) is 3.52. The molecular formula is C12H9BN2O2. The predicted octanol–water partition coefficient (Wildman–Crippen LogP) is 2.13. The summed E-state index contributed by atoms with van der Waals surface area (Å²) in [6, 6.07) is 13.7. The Kier molecular flexibility index (Phi) is 3.09.